The number of aryl methyl sites for hydroxylation is 1. The lowest BCUT2D eigenvalue weighted by Gasteiger charge is -2.11. The highest BCUT2D eigenvalue weighted by atomic mass is 16.5. The van der Waals surface area contributed by atoms with Gasteiger partial charge in [0.25, 0.3) is 5.91 Å². The van der Waals surface area contributed by atoms with Crippen molar-refractivity contribution < 1.29 is 9.53 Å². The fraction of sp³-hybridized carbons (Fsp3) is 0.217. The Morgan fingerprint density at radius 1 is 1.13 bits per heavy atom. The molecule has 0 bridgehead atoms. The smallest absolute Gasteiger partial charge is 0.258 e. The number of carbonyl (C=O) groups excluding carboxylic acids is 1. The first-order chi connectivity index (χ1) is 15.0. The molecule has 1 amide bonds. The molecule has 158 valence electrons. The van der Waals surface area contributed by atoms with Gasteiger partial charge in [-0.3, -0.25) is 9.89 Å². The van der Waals surface area contributed by atoms with Crippen molar-refractivity contribution in [3.8, 4) is 17.1 Å². The van der Waals surface area contributed by atoms with E-state index in [1.807, 2.05) is 63.2 Å². The molecule has 4 rings (SSSR count). The van der Waals surface area contributed by atoms with E-state index in [9.17, 15) is 4.79 Å². The number of hydrogen-bond acceptors (Lipinski definition) is 6. The summed E-state index contributed by atoms with van der Waals surface area (Å²) in [5, 5.41) is 14.1. The number of ether oxygens (including phenoxy) is 1. The maximum absolute atomic E-state index is 11.8. The molecule has 4 aromatic rings. The number of fused-ring (bicyclic) bond motifs is 1. The van der Waals surface area contributed by atoms with E-state index in [1.54, 1.807) is 12.3 Å². The summed E-state index contributed by atoms with van der Waals surface area (Å²) in [6.07, 6.45) is 1.78. The lowest BCUT2D eigenvalue weighted by atomic mass is 10.2. The molecule has 0 radical (unpaired) electrons. The quantitative estimate of drug-likeness (QED) is 0.421. The summed E-state index contributed by atoms with van der Waals surface area (Å²) in [5.74, 6) is 1.69. The van der Waals surface area contributed by atoms with Crippen molar-refractivity contribution in [1.29, 1.82) is 0 Å². The summed E-state index contributed by atoms with van der Waals surface area (Å²) >= 11 is 0. The molecule has 8 nitrogen and oxygen atoms in total. The summed E-state index contributed by atoms with van der Waals surface area (Å²) in [7, 11) is 0. The van der Waals surface area contributed by atoms with Crippen molar-refractivity contribution >= 4 is 28.3 Å². The summed E-state index contributed by atoms with van der Waals surface area (Å²) < 4.78 is 5.63. The second-order valence-electron chi connectivity index (χ2n) is 7.55. The number of H-pyrrole nitrogens is 1. The van der Waals surface area contributed by atoms with Crippen LogP contribution in [-0.2, 0) is 4.79 Å². The van der Waals surface area contributed by atoms with E-state index in [4.69, 9.17) is 4.74 Å². The minimum atomic E-state index is -0.159. The lowest BCUT2D eigenvalue weighted by molar-refractivity contribution is -0.123. The molecule has 0 atom stereocenters. The fourth-order valence-electron chi connectivity index (χ4n) is 3.17. The van der Waals surface area contributed by atoms with E-state index < -0.39 is 0 Å². The number of benzene rings is 2. The van der Waals surface area contributed by atoms with Crippen LogP contribution in [0.4, 0.5) is 11.5 Å². The highest BCUT2D eigenvalue weighted by molar-refractivity contribution is 5.82. The third-order valence-corrected chi connectivity index (χ3v) is 4.48. The van der Waals surface area contributed by atoms with E-state index in [2.05, 4.69) is 30.8 Å². The maximum Gasteiger partial charge on any atom is 0.258 e. The van der Waals surface area contributed by atoms with E-state index in [0.717, 1.165) is 27.8 Å². The van der Waals surface area contributed by atoms with Crippen LogP contribution in [0.1, 0.15) is 19.5 Å². The van der Waals surface area contributed by atoms with Crippen molar-refractivity contribution in [2.75, 3.05) is 11.9 Å². The van der Waals surface area contributed by atoms with Crippen LogP contribution in [0.15, 0.2) is 54.7 Å². The van der Waals surface area contributed by atoms with Gasteiger partial charge in [0.15, 0.2) is 12.4 Å². The minimum absolute atomic E-state index is 0.0421. The Morgan fingerprint density at radius 2 is 2.00 bits per heavy atom. The van der Waals surface area contributed by atoms with Crippen molar-refractivity contribution in [2.24, 2.45) is 0 Å². The van der Waals surface area contributed by atoms with Gasteiger partial charge in [-0.25, -0.2) is 9.97 Å². The standard InChI is InChI=1S/C23H24N6O2/c1-14(2)25-22(30)13-31-19-6-4-5-16(11-19)23-26-15(3)9-21(28-23)27-18-7-8-20-17(10-18)12-24-29-20/h4-12,14H,13H2,1-3H3,(H,24,29)(H,25,30)(H,26,27,28). The van der Waals surface area contributed by atoms with Crippen LogP contribution in [-0.4, -0.2) is 38.7 Å². The SMILES string of the molecule is Cc1cc(Nc2ccc3[nH]ncc3c2)nc(-c2cccc(OCC(=O)NC(C)C)c2)n1. The molecule has 0 saturated carbocycles. The van der Waals surface area contributed by atoms with E-state index >= 15 is 0 Å². The first-order valence-electron chi connectivity index (χ1n) is 10.0. The highest BCUT2D eigenvalue weighted by Crippen LogP contribution is 2.25. The molecule has 0 aliphatic heterocycles. The molecule has 0 fully saturated rings. The first-order valence-corrected chi connectivity index (χ1v) is 10.0. The van der Waals surface area contributed by atoms with Gasteiger partial charge in [-0.2, -0.15) is 5.10 Å². The van der Waals surface area contributed by atoms with Gasteiger partial charge in [0.1, 0.15) is 11.6 Å². The van der Waals surface area contributed by atoms with Crippen molar-refractivity contribution in [3.63, 3.8) is 0 Å². The lowest BCUT2D eigenvalue weighted by Crippen LogP contribution is -2.34. The summed E-state index contributed by atoms with van der Waals surface area (Å²) in [6.45, 7) is 5.70. The first kappa shape index (κ1) is 20.3. The maximum atomic E-state index is 11.8. The van der Waals surface area contributed by atoms with Gasteiger partial charge in [0.05, 0.1) is 11.7 Å². The molecule has 8 heteroatoms. The largest absolute Gasteiger partial charge is 0.484 e. The third kappa shape index (κ3) is 5.16. The zero-order valence-electron chi connectivity index (χ0n) is 17.6. The number of aromatic amines is 1. The Kier molecular flexibility index (Phi) is 5.79. The van der Waals surface area contributed by atoms with Gasteiger partial charge in [0.2, 0.25) is 0 Å². The van der Waals surface area contributed by atoms with E-state index in [0.29, 0.717) is 17.4 Å². The molecule has 0 aliphatic rings. The van der Waals surface area contributed by atoms with Gasteiger partial charge in [0, 0.05) is 34.4 Å². The van der Waals surface area contributed by atoms with E-state index in [-0.39, 0.29) is 18.6 Å². The Balaban J connectivity index is 1.53. The number of anilines is 2. The second-order valence-corrected chi connectivity index (χ2v) is 7.55. The highest BCUT2D eigenvalue weighted by Gasteiger charge is 2.09. The Hall–Kier alpha value is -3.94. The molecule has 0 unspecified atom stereocenters. The van der Waals surface area contributed by atoms with Crippen LogP contribution >= 0.6 is 0 Å². The molecular formula is C23H24N6O2. The van der Waals surface area contributed by atoms with Crippen LogP contribution in [0.2, 0.25) is 0 Å². The Morgan fingerprint density at radius 3 is 2.84 bits per heavy atom. The number of nitrogens with zero attached hydrogens (tertiary/aromatic N) is 3. The molecule has 31 heavy (non-hydrogen) atoms. The average Bonchev–Trinajstić information content (AvgIpc) is 3.19. The molecule has 0 spiro atoms. The fourth-order valence-corrected chi connectivity index (χ4v) is 3.17. The zero-order valence-corrected chi connectivity index (χ0v) is 17.6. The van der Waals surface area contributed by atoms with Gasteiger partial charge >= 0.3 is 0 Å². The van der Waals surface area contributed by atoms with Crippen LogP contribution in [0.3, 0.4) is 0 Å². The molecule has 3 N–H and O–H groups in total. The number of amides is 1. The van der Waals surface area contributed by atoms with Crippen LogP contribution < -0.4 is 15.4 Å². The van der Waals surface area contributed by atoms with Crippen molar-refractivity contribution in [3.05, 3.63) is 60.4 Å². The van der Waals surface area contributed by atoms with E-state index in [1.165, 1.54) is 0 Å². The van der Waals surface area contributed by atoms with Gasteiger partial charge in [-0.15, -0.1) is 0 Å². The Bertz CT molecular complexity index is 1220. The molecular weight excluding hydrogens is 392 g/mol. The number of carbonyl (C=O) groups is 1. The summed E-state index contributed by atoms with van der Waals surface area (Å²) in [6, 6.07) is 15.3. The number of rotatable bonds is 7. The van der Waals surface area contributed by atoms with Crippen LogP contribution in [0, 0.1) is 6.92 Å². The van der Waals surface area contributed by atoms with Gasteiger partial charge < -0.3 is 15.4 Å². The van der Waals surface area contributed by atoms with Gasteiger partial charge in [-0.05, 0) is 51.1 Å². The predicted octanol–water partition coefficient (Wildman–Crippen LogP) is 3.98. The monoisotopic (exact) mass is 416 g/mol. The molecule has 2 heterocycles. The predicted molar refractivity (Wildman–Crippen MR) is 120 cm³/mol. The molecule has 2 aromatic heterocycles. The minimum Gasteiger partial charge on any atom is -0.484 e. The Labute approximate surface area is 180 Å². The normalized spacial score (nSPS) is 11.0. The van der Waals surface area contributed by atoms with Crippen LogP contribution in [0.5, 0.6) is 5.75 Å². The number of nitrogens with one attached hydrogen (secondary N) is 3. The van der Waals surface area contributed by atoms with Crippen molar-refractivity contribution in [2.45, 2.75) is 26.8 Å². The average molecular weight is 416 g/mol. The zero-order chi connectivity index (χ0) is 21.8. The third-order valence-electron chi connectivity index (χ3n) is 4.48. The van der Waals surface area contributed by atoms with Crippen molar-refractivity contribution in [1.82, 2.24) is 25.5 Å². The molecule has 2 aromatic carbocycles. The number of aromatic nitrogens is 4. The molecule has 0 aliphatic carbocycles. The topological polar surface area (TPSA) is 105 Å². The summed E-state index contributed by atoms with van der Waals surface area (Å²) in [4.78, 5) is 21.1. The second kappa shape index (κ2) is 8.83. The summed E-state index contributed by atoms with van der Waals surface area (Å²) in [5.41, 5.74) is 3.52. The van der Waals surface area contributed by atoms with Gasteiger partial charge in [-0.1, -0.05) is 12.1 Å². The van der Waals surface area contributed by atoms with Crippen LogP contribution in [0.25, 0.3) is 22.3 Å². The molecule has 0 saturated heterocycles. The number of hydrogen-bond donors (Lipinski definition) is 3.